The average Bonchev–Trinajstić information content (AvgIpc) is 2.14. The van der Waals surface area contributed by atoms with Gasteiger partial charge in [0.25, 0.3) is 0 Å². The summed E-state index contributed by atoms with van der Waals surface area (Å²) < 4.78 is 2.06. The molecule has 0 aliphatic rings. The number of thiazole rings is 1. The van der Waals surface area contributed by atoms with E-state index >= 15 is 0 Å². The third kappa shape index (κ3) is 1.24. The minimum atomic E-state index is 0.899. The zero-order chi connectivity index (χ0) is 5.11. The van der Waals surface area contributed by atoms with Crippen molar-refractivity contribution in [1.29, 1.82) is 0 Å². The van der Waals surface area contributed by atoms with Crippen molar-refractivity contribution in [3.05, 3.63) is 17.1 Å². The summed E-state index contributed by atoms with van der Waals surface area (Å²) in [4.78, 5) is 0. The number of nitrogens with zero attached hydrogens (tertiary/aromatic N) is 1. The topological polar surface area (TPSA) is 3.88 Å². The lowest BCUT2D eigenvalue weighted by Gasteiger charge is -1.73. The van der Waals surface area contributed by atoms with Crippen LogP contribution in [0.25, 0.3) is 0 Å². The molecule has 0 aliphatic heterocycles. The van der Waals surface area contributed by atoms with Crippen LogP contribution in [0.5, 0.6) is 0 Å². The highest BCUT2D eigenvalue weighted by molar-refractivity contribution is 9.08. The normalized spacial score (nSPS) is 9.29. The van der Waals surface area contributed by atoms with Gasteiger partial charge in [0.2, 0.25) is 11.0 Å². The summed E-state index contributed by atoms with van der Waals surface area (Å²) in [6.45, 7) is 0. The van der Waals surface area contributed by atoms with Gasteiger partial charge in [-0.25, -0.2) is 0 Å². The van der Waals surface area contributed by atoms with Gasteiger partial charge in [-0.1, -0.05) is 11.3 Å². The summed E-state index contributed by atoms with van der Waals surface area (Å²) in [7, 11) is 0. The first-order valence-corrected chi connectivity index (χ1v) is 3.97. The van der Waals surface area contributed by atoms with Crippen LogP contribution < -0.4 is 4.57 Å². The largest absolute Gasteiger partial charge is 0.225 e. The first-order chi connectivity index (χ1) is 3.43. The predicted molar refractivity (Wildman–Crippen MR) is 33.4 cm³/mol. The smallest absolute Gasteiger partial charge is 0.185 e. The van der Waals surface area contributed by atoms with Gasteiger partial charge in [0, 0.05) is 0 Å². The van der Waals surface area contributed by atoms with Crippen LogP contribution in [0.15, 0.2) is 17.1 Å². The summed E-state index contributed by atoms with van der Waals surface area (Å²) >= 11 is 5.00. The fourth-order valence-corrected chi connectivity index (χ4v) is 1.43. The fraction of sp³-hybridized carbons (Fsp3) is 0.250. The number of halogens is 1. The maximum Gasteiger partial charge on any atom is 0.225 e. The number of alkyl halides is 1. The van der Waals surface area contributed by atoms with E-state index < -0.39 is 0 Å². The molecule has 1 aromatic heterocycles. The molecule has 7 heavy (non-hydrogen) atoms. The Bertz CT molecular complexity index is 126. The minimum Gasteiger partial charge on any atom is -0.185 e. The summed E-state index contributed by atoms with van der Waals surface area (Å²) in [5, 5.41) is 2.04. The van der Waals surface area contributed by atoms with Crippen molar-refractivity contribution in [2.45, 2.75) is 5.45 Å². The summed E-state index contributed by atoms with van der Waals surface area (Å²) in [6.07, 6.45) is 2.03. The van der Waals surface area contributed by atoms with Gasteiger partial charge in [0.1, 0.15) is 0 Å². The monoisotopic (exact) mass is 178 g/mol. The van der Waals surface area contributed by atoms with Gasteiger partial charge in [0.15, 0.2) is 6.20 Å². The van der Waals surface area contributed by atoms with E-state index in [0.717, 1.165) is 5.45 Å². The third-order valence-corrected chi connectivity index (χ3v) is 1.92. The third-order valence-electron chi connectivity index (χ3n) is 0.665. The van der Waals surface area contributed by atoms with E-state index in [0.29, 0.717) is 0 Å². The van der Waals surface area contributed by atoms with E-state index in [1.165, 1.54) is 0 Å². The Labute approximate surface area is 54.7 Å². The first-order valence-electron chi connectivity index (χ1n) is 1.90. The van der Waals surface area contributed by atoms with Crippen molar-refractivity contribution in [3.8, 4) is 0 Å². The quantitative estimate of drug-likeness (QED) is 0.453. The van der Waals surface area contributed by atoms with Crippen LogP contribution in [0.4, 0.5) is 0 Å². The van der Waals surface area contributed by atoms with Crippen molar-refractivity contribution in [1.82, 2.24) is 0 Å². The highest BCUT2D eigenvalue weighted by Crippen LogP contribution is 1.88. The zero-order valence-corrected chi connectivity index (χ0v) is 6.08. The molecule has 0 N–H and O–H groups in total. The number of aromatic nitrogens is 1. The molecule has 3 heteroatoms. The van der Waals surface area contributed by atoms with Crippen LogP contribution in [-0.4, -0.2) is 0 Å². The lowest BCUT2D eigenvalue weighted by Crippen LogP contribution is -2.25. The summed E-state index contributed by atoms with van der Waals surface area (Å²) in [5.74, 6) is 0. The molecule has 0 amide bonds. The Morgan fingerprint density at radius 1 is 1.71 bits per heavy atom. The van der Waals surface area contributed by atoms with Gasteiger partial charge < -0.3 is 0 Å². The number of hydrogen-bond donors (Lipinski definition) is 0. The van der Waals surface area contributed by atoms with Crippen molar-refractivity contribution in [2.75, 3.05) is 0 Å². The Balaban J connectivity index is 2.76. The molecule has 1 aromatic rings. The van der Waals surface area contributed by atoms with Crippen LogP contribution in [-0.2, 0) is 5.45 Å². The number of rotatable bonds is 1. The van der Waals surface area contributed by atoms with Gasteiger partial charge in [-0.05, 0) is 15.9 Å². The second kappa shape index (κ2) is 2.43. The van der Waals surface area contributed by atoms with Crippen LogP contribution in [0, 0.1) is 0 Å². The second-order valence-corrected chi connectivity index (χ2v) is 2.42. The van der Waals surface area contributed by atoms with Crippen LogP contribution in [0.3, 0.4) is 0 Å². The SMILES string of the molecule is BrC[n+]1ccsc1. The molecule has 0 unspecified atom stereocenters. The van der Waals surface area contributed by atoms with Crippen LogP contribution in [0.2, 0.25) is 0 Å². The summed E-state index contributed by atoms with van der Waals surface area (Å²) in [6, 6.07) is 0. The van der Waals surface area contributed by atoms with E-state index in [1.807, 2.05) is 11.6 Å². The van der Waals surface area contributed by atoms with Crippen molar-refractivity contribution >= 4 is 27.3 Å². The Morgan fingerprint density at radius 3 is 2.86 bits per heavy atom. The van der Waals surface area contributed by atoms with E-state index in [-0.39, 0.29) is 0 Å². The molecule has 0 radical (unpaired) electrons. The fourth-order valence-electron chi connectivity index (χ4n) is 0.330. The Morgan fingerprint density at radius 2 is 2.57 bits per heavy atom. The van der Waals surface area contributed by atoms with E-state index in [2.05, 4.69) is 26.0 Å². The molecule has 1 heterocycles. The molecule has 1 rings (SSSR count). The predicted octanol–water partition coefficient (Wildman–Crippen LogP) is 1.39. The van der Waals surface area contributed by atoms with Gasteiger partial charge in [-0.2, -0.15) is 4.57 Å². The van der Waals surface area contributed by atoms with E-state index in [4.69, 9.17) is 0 Å². The van der Waals surface area contributed by atoms with Gasteiger partial charge in [-0.3, -0.25) is 0 Å². The molecule has 0 atom stereocenters. The lowest BCUT2D eigenvalue weighted by atomic mass is 10.9. The molecule has 0 fully saturated rings. The van der Waals surface area contributed by atoms with Crippen molar-refractivity contribution in [2.24, 2.45) is 0 Å². The molecular weight excluding hydrogens is 174 g/mol. The zero-order valence-electron chi connectivity index (χ0n) is 3.67. The number of hydrogen-bond acceptors (Lipinski definition) is 1. The molecule has 0 saturated heterocycles. The second-order valence-electron chi connectivity index (χ2n) is 1.16. The molecule has 0 bridgehead atoms. The molecule has 0 aliphatic carbocycles. The average molecular weight is 179 g/mol. The maximum absolute atomic E-state index is 3.31. The first kappa shape index (κ1) is 5.25. The summed E-state index contributed by atoms with van der Waals surface area (Å²) in [5.41, 5.74) is 2.95. The van der Waals surface area contributed by atoms with Gasteiger partial charge in [0.05, 0.1) is 5.38 Å². The Kier molecular flexibility index (Phi) is 1.82. The Hall–Kier alpha value is 0.110. The molecule has 0 aromatic carbocycles. The van der Waals surface area contributed by atoms with Gasteiger partial charge in [-0.15, -0.1) is 0 Å². The lowest BCUT2D eigenvalue weighted by molar-refractivity contribution is -0.669. The van der Waals surface area contributed by atoms with Crippen molar-refractivity contribution in [3.63, 3.8) is 0 Å². The van der Waals surface area contributed by atoms with Crippen molar-refractivity contribution < 1.29 is 4.57 Å². The molecule has 1 nitrogen and oxygen atoms in total. The molecule has 38 valence electrons. The highest BCUT2D eigenvalue weighted by atomic mass is 79.9. The van der Waals surface area contributed by atoms with E-state index in [9.17, 15) is 0 Å². The van der Waals surface area contributed by atoms with E-state index in [1.54, 1.807) is 11.3 Å². The standard InChI is InChI=1S/C4H5BrNS/c5-3-6-1-2-7-4-6/h1-2,4H,3H2/q+1. The van der Waals surface area contributed by atoms with Crippen LogP contribution >= 0.6 is 27.3 Å². The molecule has 0 saturated carbocycles. The highest BCUT2D eigenvalue weighted by Gasteiger charge is 1.90. The maximum atomic E-state index is 3.31. The minimum absolute atomic E-state index is 0.899. The molecular formula is C4H5BrNS+. The molecule has 0 spiro atoms. The van der Waals surface area contributed by atoms with Crippen LogP contribution in [0.1, 0.15) is 0 Å². The van der Waals surface area contributed by atoms with Gasteiger partial charge >= 0.3 is 0 Å².